The van der Waals surface area contributed by atoms with E-state index in [1.165, 1.54) is 0 Å². The van der Waals surface area contributed by atoms with Gasteiger partial charge in [0.05, 0.1) is 6.61 Å². The topological polar surface area (TPSA) is 65.5 Å². The van der Waals surface area contributed by atoms with Crippen molar-refractivity contribution in [2.24, 2.45) is 0 Å². The lowest BCUT2D eigenvalue weighted by Crippen LogP contribution is -2.04. The molecule has 0 atom stereocenters. The van der Waals surface area contributed by atoms with Gasteiger partial charge in [0, 0.05) is 5.56 Å². The molecule has 0 aromatic carbocycles. The molecule has 5 nitrogen and oxygen atoms in total. The van der Waals surface area contributed by atoms with E-state index in [9.17, 15) is 4.79 Å². The zero-order chi connectivity index (χ0) is 12.4. The summed E-state index contributed by atoms with van der Waals surface area (Å²) in [6, 6.07) is 3.48. The van der Waals surface area contributed by atoms with Crippen molar-refractivity contribution >= 4 is 21.9 Å². The lowest BCUT2D eigenvalue weighted by Gasteiger charge is -1.97. The summed E-state index contributed by atoms with van der Waals surface area (Å²) in [5.41, 5.74) is 1.10. The Kier molecular flexibility index (Phi) is 3.33. The highest BCUT2D eigenvalue weighted by atomic mass is 79.9. The van der Waals surface area contributed by atoms with E-state index in [1.807, 2.05) is 0 Å². The number of halogens is 1. The van der Waals surface area contributed by atoms with E-state index in [0.29, 0.717) is 28.3 Å². The largest absolute Gasteiger partial charge is 0.460 e. The number of rotatable bonds is 3. The van der Waals surface area contributed by atoms with Crippen LogP contribution in [-0.2, 0) is 4.74 Å². The number of esters is 1. The number of hydrogen-bond donors (Lipinski definition) is 0. The minimum atomic E-state index is -0.519. The molecule has 0 amide bonds. The number of nitrogens with zero attached hydrogens (tertiary/aromatic N) is 1. The number of carbonyl (C=O) groups is 1. The molecule has 2 rings (SSSR count). The first kappa shape index (κ1) is 11.9. The van der Waals surface area contributed by atoms with E-state index < -0.39 is 5.97 Å². The summed E-state index contributed by atoms with van der Waals surface area (Å²) in [6.07, 6.45) is 0. The van der Waals surface area contributed by atoms with E-state index >= 15 is 0 Å². The molecule has 90 valence electrons. The van der Waals surface area contributed by atoms with E-state index in [1.54, 1.807) is 26.0 Å². The molecule has 0 fully saturated rings. The van der Waals surface area contributed by atoms with Gasteiger partial charge in [-0.05, 0) is 41.9 Å². The summed E-state index contributed by atoms with van der Waals surface area (Å²) in [6.45, 7) is 3.75. The molecule has 17 heavy (non-hydrogen) atoms. The van der Waals surface area contributed by atoms with Gasteiger partial charge in [-0.3, -0.25) is 0 Å². The van der Waals surface area contributed by atoms with Crippen LogP contribution in [0.2, 0.25) is 0 Å². The maximum atomic E-state index is 11.5. The monoisotopic (exact) mass is 299 g/mol. The molecule has 0 bridgehead atoms. The van der Waals surface area contributed by atoms with E-state index in [2.05, 4.69) is 21.1 Å². The third-order valence-electron chi connectivity index (χ3n) is 2.19. The van der Waals surface area contributed by atoms with Crippen molar-refractivity contribution in [1.82, 2.24) is 5.16 Å². The van der Waals surface area contributed by atoms with Crippen molar-refractivity contribution in [1.29, 1.82) is 0 Å². The second-order valence-electron chi connectivity index (χ2n) is 3.31. The molecule has 0 N–H and O–H groups in total. The van der Waals surface area contributed by atoms with Gasteiger partial charge in [0.1, 0.15) is 0 Å². The highest BCUT2D eigenvalue weighted by Gasteiger charge is 2.22. The molecular weight excluding hydrogens is 290 g/mol. The third-order valence-corrected chi connectivity index (χ3v) is 2.62. The Bertz CT molecular complexity index is 543. The summed E-state index contributed by atoms with van der Waals surface area (Å²) >= 11 is 3.20. The first-order valence-corrected chi connectivity index (χ1v) is 5.82. The van der Waals surface area contributed by atoms with Gasteiger partial charge in [-0.15, -0.1) is 0 Å². The molecule has 6 heteroatoms. The molecule has 0 saturated heterocycles. The van der Waals surface area contributed by atoms with Crippen molar-refractivity contribution in [3.05, 3.63) is 28.1 Å². The fourth-order valence-corrected chi connectivity index (χ4v) is 1.70. The molecule has 0 aliphatic rings. The molecule has 0 unspecified atom stereocenters. The number of aromatic nitrogens is 1. The number of furan rings is 1. The first-order chi connectivity index (χ1) is 8.13. The van der Waals surface area contributed by atoms with Gasteiger partial charge in [0.2, 0.25) is 5.76 Å². The van der Waals surface area contributed by atoms with Gasteiger partial charge in [0.15, 0.2) is 16.1 Å². The second-order valence-corrected chi connectivity index (χ2v) is 4.09. The molecule has 0 saturated carbocycles. The highest BCUT2D eigenvalue weighted by Crippen LogP contribution is 2.28. The minimum absolute atomic E-state index is 0.106. The van der Waals surface area contributed by atoms with Crippen LogP contribution < -0.4 is 0 Å². The van der Waals surface area contributed by atoms with Crippen LogP contribution in [-0.4, -0.2) is 17.7 Å². The zero-order valence-electron chi connectivity index (χ0n) is 9.32. The summed E-state index contributed by atoms with van der Waals surface area (Å²) < 4.78 is 15.8. The Morgan fingerprint density at radius 3 is 2.88 bits per heavy atom. The molecule has 0 aliphatic heterocycles. The van der Waals surface area contributed by atoms with Crippen molar-refractivity contribution in [3.63, 3.8) is 0 Å². The molecule has 2 aromatic heterocycles. The van der Waals surface area contributed by atoms with E-state index in [4.69, 9.17) is 13.7 Å². The number of hydrogen-bond acceptors (Lipinski definition) is 5. The van der Waals surface area contributed by atoms with Gasteiger partial charge in [-0.1, -0.05) is 5.16 Å². The Hall–Kier alpha value is -1.56. The molecule has 0 radical (unpaired) electrons. The molecule has 0 spiro atoms. The minimum Gasteiger partial charge on any atom is -0.460 e. The highest BCUT2D eigenvalue weighted by molar-refractivity contribution is 9.10. The molecule has 2 heterocycles. The normalized spacial score (nSPS) is 10.5. The Balaban J connectivity index is 2.36. The van der Waals surface area contributed by atoms with Gasteiger partial charge in [-0.25, -0.2) is 4.79 Å². The summed E-state index contributed by atoms with van der Waals surface area (Å²) in [7, 11) is 0. The Morgan fingerprint density at radius 2 is 2.29 bits per heavy atom. The number of carbonyl (C=O) groups excluding carboxylic acids is 1. The average Bonchev–Trinajstić information content (AvgIpc) is 2.85. The quantitative estimate of drug-likeness (QED) is 0.814. The first-order valence-electron chi connectivity index (χ1n) is 5.02. The van der Waals surface area contributed by atoms with Gasteiger partial charge in [-0.2, -0.15) is 0 Å². The van der Waals surface area contributed by atoms with Gasteiger partial charge < -0.3 is 13.7 Å². The van der Waals surface area contributed by atoms with Crippen LogP contribution in [0.25, 0.3) is 11.5 Å². The van der Waals surface area contributed by atoms with Gasteiger partial charge in [0.25, 0.3) is 0 Å². The van der Waals surface area contributed by atoms with Crippen molar-refractivity contribution < 1.29 is 18.5 Å². The maximum Gasteiger partial charge on any atom is 0.377 e. The molecular formula is C11H10BrNO4. The second kappa shape index (κ2) is 4.75. The summed E-state index contributed by atoms with van der Waals surface area (Å²) in [4.78, 5) is 11.5. The Morgan fingerprint density at radius 1 is 1.53 bits per heavy atom. The third kappa shape index (κ3) is 2.26. The van der Waals surface area contributed by atoms with Crippen LogP contribution in [0.15, 0.2) is 25.7 Å². The van der Waals surface area contributed by atoms with Crippen molar-refractivity contribution in [2.45, 2.75) is 13.8 Å². The smallest absolute Gasteiger partial charge is 0.377 e. The van der Waals surface area contributed by atoms with Crippen LogP contribution >= 0.6 is 15.9 Å². The lowest BCUT2D eigenvalue weighted by molar-refractivity contribution is 0.0478. The van der Waals surface area contributed by atoms with Crippen LogP contribution in [0, 0.1) is 6.92 Å². The SMILES string of the molecule is CCOC(=O)c1onc(-c2ccc(Br)o2)c1C. The van der Waals surface area contributed by atoms with Gasteiger partial charge >= 0.3 is 5.97 Å². The average molecular weight is 300 g/mol. The summed E-state index contributed by atoms with van der Waals surface area (Å²) in [5, 5.41) is 3.81. The van der Waals surface area contributed by atoms with Crippen LogP contribution in [0.3, 0.4) is 0 Å². The summed E-state index contributed by atoms with van der Waals surface area (Å²) in [5.74, 6) is 0.123. The van der Waals surface area contributed by atoms with E-state index in [0.717, 1.165) is 0 Å². The predicted octanol–water partition coefficient (Wildman–Crippen LogP) is 3.18. The van der Waals surface area contributed by atoms with Crippen LogP contribution in [0.4, 0.5) is 0 Å². The lowest BCUT2D eigenvalue weighted by atomic mass is 10.2. The molecule has 0 aliphatic carbocycles. The zero-order valence-corrected chi connectivity index (χ0v) is 10.9. The fourth-order valence-electron chi connectivity index (χ4n) is 1.39. The standard InChI is InChI=1S/C11H10BrNO4/c1-3-15-11(14)10-6(2)9(13-17-10)7-4-5-8(12)16-7/h4-5H,3H2,1-2H3. The van der Waals surface area contributed by atoms with Crippen LogP contribution in [0.5, 0.6) is 0 Å². The Labute approximate surface area is 106 Å². The number of ether oxygens (including phenoxy) is 1. The van der Waals surface area contributed by atoms with Crippen molar-refractivity contribution in [3.8, 4) is 11.5 Å². The maximum absolute atomic E-state index is 11.5. The predicted molar refractivity (Wildman–Crippen MR) is 62.6 cm³/mol. The van der Waals surface area contributed by atoms with Crippen molar-refractivity contribution in [2.75, 3.05) is 6.61 Å². The van der Waals surface area contributed by atoms with E-state index in [-0.39, 0.29) is 5.76 Å². The van der Waals surface area contributed by atoms with Crippen LogP contribution in [0.1, 0.15) is 23.0 Å². The molecule has 2 aromatic rings. The fraction of sp³-hybridized carbons (Fsp3) is 0.273.